The van der Waals surface area contributed by atoms with E-state index in [-0.39, 0.29) is 0 Å². The first kappa shape index (κ1) is 46.2. The Hall–Kier alpha value is -9.90. The normalized spacial score (nSPS) is 11.0. The van der Waals surface area contributed by atoms with Gasteiger partial charge in [-0.1, -0.05) is 182 Å². The summed E-state index contributed by atoms with van der Waals surface area (Å²) in [6.07, 6.45) is 7.84. The van der Waals surface area contributed by atoms with Crippen molar-refractivity contribution < 1.29 is 4.57 Å². The molecule has 0 atom stereocenters. The molecule has 75 heavy (non-hydrogen) atoms. The van der Waals surface area contributed by atoms with Crippen LogP contribution in [0.25, 0.3) is 77.9 Å². The van der Waals surface area contributed by atoms with Crippen molar-refractivity contribution >= 4 is 34.1 Å². The van der Waals surface area contributed by atoms with E-state index >= 15 is 0 Å². The van der Waals surface area contributed by atoms with Gasteiger partial charge in [-0.25, -0.2) is 4.57 Å². The van der Waals surface area contributed by atoms with Gasteiger partial charge in [-0.2, -0.15) is 0 Å². The highest BCUT2D eigenvalue weighted by atomic mass is 15.1. The lowest BCUT2D eigenvalue weighted by atomic mass is 10.00. The third kappa shape index (κ3) is 10.1. The lowest BCUT2D eigenvalue weighted by Gasteiger charge is -2.27. The van der Waals surface area contributed by atoms with Gasteiger partial charge >= 0.3 is 0 Å². The predicted octanol–water partition coefficient (Wildman–Crippen LogP) is 18.5. The van der Waals surface area contributed by atoms with Gasteiger partial charge < -0.3 is 9.80 Å². The molecule has 0 N–H and O–H groups in total. The molecule has 0 radical (unpaired) electrons. The first-order chi connectivity index (χ1) is 37.1. The number of aryl methyl sites for hydroxylation is 1. The highest BCUT2D eigenvalue weighted by molar-refractivity contribution is 5.84. The summed E-state index contributed by atoms with van der Waals surface area (Å²) in [5, 5.41) is 0. The fraction of sp³-hybridized carbons (Fsp3) is 0.0141. The van der Waals surface area contributed by atoms with Gasteiger partial charge in [0.05, 0.1) is 0 Å². The van der Waals surface area contributed by atoms with Gasteiger partial charge in [0, 0.05) is 58.7 Å². The monoisotopic (exact) mass is 961 g/mol. The van der Waals surface area contributed by atoms with Crippen molar-refractivity contribution in [3.8, 4) is 77.9 Å². The molecular weight excluding hydrogens is 909 g/mol. The second kappa shape index (κ2) is 21.1. The average Bonchev–Trinajstić information content (AvgIpc) is 3.49. The van der Waals surface area contributed by atoms with Gasteiger partial charge in [0.25, 0.3) is 0 Å². The van der Waals surface area contributed by atoms with Crippen molar-refractivity contribution in [3.63, 3.8) is 0 Å². The fourth-order valence-electron chi connectivity index (χ4n) is 9.92. The molecule has 2 heterocycles. The van der Waals surface area contributed by atoms with Crippen molar-refractivity contribution in [1.82, 2.24) is 4.98 Å². The Balaban J connectivity index is 0.832. The summed E-state index contributed by atoms with van der Waals surface area (Å²) in [5.74, 6) is 0. The van der Waals surface area contributed by atoms with Gasteiger partial charge in [-0.05, 0) is 163 Å². The quantitative estimate of drug-likeness (QED) is 0.108. The average molecular weight is 962 g/mol. The minimum absolute atomic E-state index is 1.08. The van der Waals surface area contributed by atoms with Crippen LogP contribution in [0.5, 0.6) is 0 Å². The van der Waals surface area contributed by atoms with E-state index in [0.29, 0.717) is 0 Å². The van der Waals surface area contributed by atoms with Crippen LogP contribution in [-0.2, 0) is 7.05 Å². The van der Waals surface area contributed by atoms with Crippen LogP contribution in [-0.4, -0.2) is 4.98 Å². The fourth-order valence-corrected chi connectivity index (χ4v) is 9.92. The number of aromatic nitrogens is 2. The molecule has 12 aromatic rings. The van der Waals surface area contributed by atoms with Crippen molar-refractivity contribution in [1.29, 1.82) is 0 Å². The number of pyridine rings is 2. The number of benzene rings is 10. The molecule has 4 heteroatoms. The predicted molar refractivity (Wildman–Crippen MR) is 313 cm³/mol. The van der Waals surface area contributed by atoms with Gasteiger partial charge in [0.15, 0.2) is 12.4 Å². The highest BCUT2D eigenvalue weighted by Crippen LogP contribution is 2.41. The van der Waals surface area contributed by atoms with Crippen LogP contribution >= 0.6 is 0 Å². The number of hydrogen-bond acceptors (Lipinski definition) is 3. The Morgan fingerprint density at radius 2 is 0.400 bits per heavy atom. The molecule has 0 saturated carbocycles. The van der Waals surface area contributed by atoms with Crippen molar-refractivity contribution in [3.05, 3.63) is 304 Å². The topological polar surface area (TPSA) is 23.2 Å². The summed E-state index contributed by atoms with van der Waals surface area (Å²) >= 11 is 0. The SMILES string of the molecule is C[n+]1ccc(-c2ccc(-c3ccc(N(c4ccc(-c5ccccc5)cc4)c4ccc(-c5ccc(N(c6ccc(-c7ccccc7)cc6)c6ccc(-c7ccc(-c8ccncc8)cc7)cc6)cc5)cc4)cc3)cc2)cc1. The summed E-state index contributed by atoms with van der Waals surface area (Å²) in [5.41, 5.74) is 23.0. The Kier molecular flexibility index (Phi) is 13.0. The van der Waals surface area contributed by atoms with Crippen molar-refractivity contribution in [2.45, 2.75) is 0 Å². The maximum atomic E-state index is 4.18. The molecule has 0 unspecified atom stereocenters. The third-order valence-corrected chi connectivity index (χ3v) is 14.1. The van der Waals surface area contributed by atoms with Crippen molar-refractivity contribution in [2.24, 2.45) is 7.05 Å². The summed E-state index contributed by atoms with van der Waals surface area (Å²) in [6.45, 7) is 0. The van der Waals surface area contributed by atoms with Crippen LogP contribution in [0.2, 0.25) is 0 Å². The largest absolute Gasteiger partial charge is 0.311 e. The van der Waals surface area contributed by atoms with Crippen LogP contribution < -0.4 is 14.4 Å². The molecule has 10 aromatic carbocycles. The van der Waals surface area contributed by atoms with Crippen LogP contribution in [0.1, 0.15) is 0 Å². The maximum absolute atomic E-state index is 4.18. The lowest BCUT2D eigenvalue weighted by Crippen LogP contribution is -2.25. The second-order valence-corrected chi connectivity index (χ2v) is 18.8. The summed E-state index contributed by atoms with van der Waals surface area (Å²) in [6, 6.07) is 101. The second-order valence-electron chi connectivity index (χ2n) is 18.8. The molecule has 0 spiro atoms. The van der Waals surface area contributed by atoms with Gasteiger partial charge in [-0.15, -0.1) is 0 Å². The molecule has 2 aromatic heterocycles. The summed E-state index contributed by atoms with van der Waals surface area (Å²) < 4.78 is 2.06. The molecule has 0 aliphatic carbocycles. The molecule has 356 valence electrons. The maximum Gasteiger partial charge on any atom is 0.169 e. The van der Waals surface area contributed by atoms with E-state index in [4.69, 9.17) is 0 Å². The van der Waals surface area contributed by atoms with E-state index in [9.17, 15) is 0 Å². The molecule has 12 rings (SSSR count). The summed E-state index contributed by atoms with van der Waals surface area (Å²) in [4.78, 5) is 8.86. The zero-order chi connectivity index (χ0) is 50.3. The zero-order valence-corrected chi connectivity index (χ0v) is 41.7. The molecule has 0 amide bonds. The third-order valence-electron chi connectivity index (χ3n) is 14.1. The molecule has 0 aliphatic rings. The van der Waals surface area contributed by atoms with Crippen LogP contribution in [0.4, 0.5) is 34.1 Å². The first-order valence-electron chi connectivity index (χ1n) is 25.5. The van der Waals surface area contributed by atoms with E-state index in [1.807, 2.05) is 31.6 Å². The Bertz CT molecular complexity index is 3770. The van der Waals surface area contributed by atoms with Gasteiger partial charge in [0.2, 0.25) is 0 Å². The molecule has 0 fully saturated rings. The van der Waals surface area contributed by atoms with E-state index in [1.165, 1.54) is 55.6 Å². The highest BCUT2D eigenvalue weighted by Gasteiger charge is 2.17. The van der Waals surface area contributed by atoms with Crippen LogP contribution in [0.3, 0.4) is 0 Å². The van der Waals surface area contributed by atoms with E-state index < -0.39 is 0 Å². The Morgan fingerprint density at radius 1 is 0.213 bits per heavy atom. The van der Waals surface area contributed by atoms with Crippen LogP contribution in [0.15, 0.2) is 304 Å². The number of hydrogen-bond donors (Lipinski definition) is 0. The van der Waals surface area contributed by atoms with Crippen LogP contribution in [0, 0.1) is 0 Å². The Labute approximate surface area is 440 Å². The lowest BCUT2D eigenvalue weighted by molar-refractivity contribution is -0.671. The smallest absolute Gasteiger partial charge is 0.169 e. The van der Waals surface area contributed by atoms with Gasteiger partial charge in [-0.3, -0.25) is 4.98 Å². The Morgan fingerprint density at radius 3 is 0.640 bits per heavy atom. The minimum atomic E-state index is 1.08. The number of rotatable bonds is 13. The van der Waals surface area contributed by atoms with E-state index in [2.05, 4.69) is 299 Å². The van der Waals surface area contributed by atoms with Crippen molar-refractivity contribution in [2.75, 3.05) is 9.80 Å². The minimum Gasteiger partial charge on any atom is -0.311 e. The van der Waals surface area contributed by atoms with E-state index in [1.54, 1.807) is 0 Å². The molecule has 0 bridgehead atoms. The molecule has 4 nitrogen and oxygen atoms in total. The standard InChI is InChI=1S/C71H53N4/c1-73-50-46-65(47-51-73)57-18-14-55(15-19-57)61-26-38-69(39-27-61)75(67-34-22-59(23-35-67)53-10-6-3-7-11-53)71-42-30-63(31-43-71)62-28-40-70(41-29-62)74(66-32-20-58(21-33-66)52-8-4-2-5-9-52)68-36-24-60(25-37-68)54-12-16-56(17-13-54)64-44-48-72-49-45-64/h2-51H,1H3/q+1. The van der Waals surface area contributed by atoms with Gasteiger partial charge in [0.1, 0.15) is 7.05 Å². The van der Waals surface area contributed by atoms with E-state index in [0.717, 1.165) is 56.4 Å². The number of nitrogens with zero attached hydrogens (tertiary/aromatic N) is 4. The first-order valence-corrected chi connectivity index (χ1v) is 25.5. The molecule has 0 aliphatic heterocycles. The number of anilines is 6. The molecule has 0 saturated heterocycles. The molecular formula is C71H53N4+. The summed E-state index contributed by atoms with van der Waals surface area (Å²) in [7, 11) is 2.04. The zero-order valence-electron chi connectivity index (χ0n) is 41.7.